The first-order valence-corrected chi connectivity index (χ1v) is 12.9. The van der Waals surface area contributed by atoms with Crippen LogP contribution in [0, 0.1) is 0 Å². The lowest BCUT2D eigenvalue weighted by Gasteiger charge is -2.11. The Morgan fingerprint density at radius 2 is 1.62 bits per heavy atom. The van der Waals surface area contributed by atoms with Crippen LogP contribution in [0.25, 0.3) is 0 Å². The maximum Gasteiger partial charge on any atom is 0.356 e. The van der Waals surface area contributed by atoms with Gasteiger partial charge < -0.3 is 20.7 Å². The van der Waals surface area contributed by atoms with E-state index in [4.69, 9.17) is 17.0 Å². The number of anilines is 2. The van der Waals surface area contributed by atoms with Crippen LogP contribution in [0.5, 0.6) is 5.75 Å². The lowest BCUT2D eigenvalue weighted by Crippen LogP contribution is -2.29. The summed E-state index contributed by atoms with van der Waals surface area (Å²) in [5.41, 5.74) is 2.99. The van der Waals surface area contributed by atoms with Gasteiger partial charge >= 0.3 is 6.03 Å². The second kappa shape index (κ2) is 16.9. The quantitative estimate of drug-likeness (QED) is 0.181. The van der Waals surface area contributed by atoms with Crippen LogP contribution in [-0.2, 0) is 18.8 Å². The van der Waals surface area contributed by atoms with Crippen molar-refractivity contribution in [2.75, 3.05) is 23.8 Å². The summed E-state index contributed by atoms with van der Waals surface area (Å²) >= 11 is 9.80. The lowest BCUT2D eigenvalue weighted by molar-refractivity contribution is 0.259. The molecule has 0 aliphatic rings. The molecule has 0 unspecified atom stereocenters. The average molecular weight is 501 g/mol. The zero-order valence-electron chi connectivity index (χ0n) is 20.0. The third-order valence-corrected chi connectivity index (χ3v) is 5.77. The van der Waals surface area contributed by atoms with Gasteiger partial charge in [-0.25, -0.2) is 4.79 Å². The first-order valence-electron chi connectivity index (χ1n) is 12.1. The second-order valence-corrected chi connectivity index (χ2v) is 8.76. The number of nitrogens with zero attached hydrogens (tertiary/aromatic N) is 1. The monoisotopic (exact) mass is 500 g/mol. The van der Waals surface area contributed by atoms with Gasteiger partial charge in [0, 0.05) is 24.7 Å². The second-order valence-electron chi connectivity index (χ2n) is 8.17. The highest BCUT2D eigenvalue weighted by Gasteiger charge is 2.06. The van der Waals surface area contributed by atoms with Gasteiger partial charge in [-0.15, -0.1) is 4.36 Å². The van der Waals surface area contributed by atoms with Crippen molar-refractivity contribution in [2.45, 2.75) is 64.7 Å². The summed E-state index contributed by atoms with van der Waals surface area (Å²) in [5, 5.41) is 9.84. The summed E-state index contributed by atoms with van der Waals surface area (Å²) in [5.74, 6) is 0.637. The van der Waals surface area contributed by atoms with Crippen LogP contribution in [0.4, 0.5) is 16.2 Å². The largest absolute Gasteiger partial charge is 0.491 e. The lowest BCUT2D eigenvalue weighted by atomic mass is 10.1. The van der Waals surface area contributed by atoms with E-state index in [1.807, 2.05) is 18.2 Å². The molecule has 0 radical (unpaired) electrons. The molecule has 3 N–H and O–H groups in total. The van der Waals surface area contributed by atoms with Gasteiger partial charge in [0.2, 0.25) is 0 Å². The fraction of sp³-hybridized carbons (Fsp3) is 0.462. The molecule has 0 spiro atoms. The molecule has 184 valence electrons. The average Bonchev–Trinajstić information content (AvgIpc) is 2.85. The van der Waals surface area contributed by atoms with Crippen molar-refractivity contribution in [3.05, 3.63) is 54.1 Å². The number of urea groups is 1. The molecular formula is C26H36N4O2S2. The molecule has 0 aromatic heterocycles. The zero-order chi connectivity index (χ0) is 24.4. The maximum atomic E-state index is 11.4. The zero-order valence-corrected chi connectivity index (χ0v) is 21.6. The number of hydrogen-bond donors (Lipinski definition) is 3. The Labute approximate surface area is 214 Å². The minimum absolute atomic E-state index is 0.562. The van der Waals surface area contributed by atoms with Gasteiger partial charge in [-0.05, 0) is 67.7 Å². The summed E-state index contributed by atoms with van der Waals surface area (Å²) in [6, 6.07) is 15.3. The van der Waals surface area contributed by atoms with Crippen molar-refractivity contribution in [1.82, 2.24) is 5.32 Å². The SMILES string of the molecule is CCCCc1ccc(NC(=S)NCCCCCCCCOc2ccccc2NC(=O)N=S)cc1. The van der Waals surface area contributed by atoms with E-state index in [1.54, 1.807) is 6.07 Å². The summed E-state index contributed by atoms with van der Waals surface area (Å²) in [4.78, 5) is 11.4. The van der Waals surface area contributed by atoms with E-state index in [0.29, 0.717) is 23.2 Å². The van der Waals surface area contributed by atoms with E-state index >= 15 is 0 Å². The van der Waals surface area contributed by atoms with Crippen LogP contribution < -0.4 is 20.7 Å². The summed E-state index contributed by atoms with van der Waals surface area (Å²) in [6.45, 7) is 3.70. The Bertz CT molecular complexity index is 891. The molecule has 6 nitrogen and oxygen atoms in total. The van der Waals surface area contributed by atoms with Crippen LogP contribution in [-0.4, -0.2) is 24.3 Å². The first-order chi connectivity index (χ1) is 16.6. The Morgan fingerprint density at radius 1 is 0.912 bits per heavy atom. The van der Waals surface area contributed by atoms with E-state index in [-0.39, 0.29) is 0 Å². The van der Waals surface area contributed by atoms with Crippen molar-refractivity contribution in [3.8, 4) is 5.75 Å². The Balaban J connectivity index is 1.48. The van der Waals surface area contributed by atoms with Crippen LogP contribution in [0.2, 0.25) is 0 Å². The fourth-order valence-electron chi connectivity index (χ4n) is 3.46. The number of thiocarbonyl (C=S) groups is 1. The van der Waals surface area contributed by atoms with E-state index in [9.17, 15) is 4.79 Å². The number of carbonyl (C=O) groups excluding carboxylic acids is 1. The topological polar surface area (TPSA) is 74.8 Å². The number of ether oxygens (including phenoxy) is 1. The number of amides is 2. The van der Waals surface area contributed by atoms with Crippen molar-refractivity contribution in [1.29, 1.82) is 0 Å². The van der Waals surface area contributed by atoms with Crippen molar-refractivity contribution >= 4 is 47.2 Å². The van der Waals surface area contributed by atoms with Gasteiger partial charge in [0.05, 0.1) is 12.3 Å². The van der Waals surface area contributed by atoms with Gasteiger partial charge in [0.1, 0.15) is 5.75 Å². The molecule has 0 aliphatic heterocycles. The highest BCUT2D eigenvalue weighted by molar-refractivity contribution is 7.80. The van der Waals surface area contributed by atoms with Gasteiger partial charge in [0.15, 0.2) is 5.11 Å². The standard InChI is InChI=1S/C26H36N4O2S2/c1-2-3-12-21-15-17-22(18-16-21)28-26(33)27-19-10-6-4-5-7-11-20-32-24-14-9-8-13-23(24)29-25(31)30-34/h8-9,13-18H,2-7,10-12,19-20H2,1H3,(H,29,31)(H2,27,28,33). The summed E-state index contributed by atoms with van der Waals surface area (Å²) in [7, 11) is 0. The molecular weight excluding hydrogens is 464 g/mol. The van der Waals surface area contributed by atoms with E-state index in [2.05, 4.69) is 63.9 Å². The number of para-hydroxylation sites is 2. The molecule has 0 bridgehead atoms. The third-order valence-electron chi connectivity index (χ3n) is 5.36. The predicted molar refractivity (Wildman–Crippen MR) is 148 cm³/mol. The maximum absolute atomic E-state index is 11.4. The Kier molecular flexibility index (Phi) is 13.8. The number of aryl methyl sites for hydroxylation is 1. The van der Waals surface area contributed by atoms with Gasteiger partial charge in [0.25, 0.3) is 0 Å². The van der Waals surface area contributed by atoms with Gasteiger partial charge in [-0.3, -0.25) is 0 Å². The smallest absolute Gasteiger partial charge is 0.356 e. The van der Waals surface area contributed by atoms with Crippen LogP contribution in [0.1, 0.15) is 63.9 Å². The Morgan fingerprint density at radius 3 is 2.35 bits per heavy atom. The molecule has 34 heavy (non-hydrogen) atoms. The molecule has 0 aliphatic carbocycles. The molecule has 2 amide bonds. The number of nitrogens with one attached hydrogen (secondary N) is 3. The minimum atomic E-state index is -0.562. The van der Waals surface area contributed by atoms with E-state index < -0.39 is 6.03 Å². The predicted octanol–water partition coefficient (Wildman–Crippen LogP) is 7.00. The molecule has 2 aromatic rings. The Hall–Kier alpha value is -2.58. The van der Waals surface area contributed by atoms with Gasteiger partial charge in [-0.2, -0.15) is 0 Å². The van der Waals surface area contributed by atoms with Crippen LogP contribution in [0.3, 0.4) is 0 Å². The van der Waals surface area contributed by atoms with Crippen LogP contribution in [0.15, 0.2) is 52.9 Å². The van der Waals surface area contributed by atoms with Crippen molar-refractivity contribution in [2.24, 2.45) is 4.36 Å². The number of carbonyl (C=O) groups is 1. The normalized spacial score (nSPS) is 10.4. The van der Waals surface area contributed by atoms with Gasteiger partial charge in [-0.1, -0.05) is 63.3 Å². The highest BCUT2D eigenvalue weighted by atomic mass is 32.1. The van der Waals surface area contributed by atoms with Crippen molar-refractivity contribution in [3.63, 3.8) is 0 Å². The molecule has 0 saturated carbocycles. The number of rotatable bonds is 15. The van der Waals surface area contributed by atoms with E-state index in [0.717, 1.165) is 37.9 Å². The fourth-order valence-corrected chi connectivity index (χ4v) is 3.73. The van der Waals surface area contributed by atoms with Crippen molar-refractivity contribution < 1.29 is 9.53 Å². The summed E-state index contributed by atoms with van der Waals surface area (Å²) in [6.07, 6.45) is 10.3. The molecule has 0 atom stereocenters. The van der Waals surface area contributed by atoms with Crippen LogP contribution >= 0.6 is 12.2 Å². The number of hydrogen-bond acceptors (Lipinski definition) is 4. The summed E-state index contributed by atoms with van der Waals surface area (Å²) < 4.78 is 8.98. The third kappa shape index (κ3) is 11.5. The van der Waals surface area contributed by atoms with E-state index in [1.165, 1.54) is 37.7 Å². The molecule has 2 rings (SSSR count). The molecule has 0 fully saturated rings. The first kappa shape index (κ1) is 27.7. The number of benzene rings is 2. The minimum Gasteiger partial charge on any atom is -0.491 e. The molecule has 0 heterocycles. The number of unbranched alkanes of at least 4 members (excludes halogenated alkanes) is 6. The molecule has 2 aromatic carbocycles. The molecule has 0 saturated heterocycles. The highest BCUT2D eigenvalue weighted by Crippen LogP contribution is 2.24. The molecule has 8 heteroatoms.